The van der Waals surface area contributed by atoms with Gasteiger partial charge in [0.05, 0.1) is 22.2 Å². The van der Waals surface area contributed by atoms with Gasteiger partial charge in [-0.2, -0.15) is 0 Å². The number of nitrogens with one attached hydrogen (secondary N) is 2. The quantitative estimate of drug-likeness (QED) is 0.714. The molecule has 26 heavy (non-hydrogen) atoms. The van der Waals surface area contributed by atoms with Crippen LogP contribution in [0.4, 0.5) is 11.4 Å². The molecule has 7 nitrogen and oxygen atoms in total. The van der Waals surface area contributed by atoms with Crippen LogP contribution >= 0.6 is 11.3 Å². The number of aromatic nitrogens is 1. The SMILES string of the molecule is Cc1cc(C(=O)Nc2ccc3c(c2)sc(=O)n3C)ccc1NS(C)(=O)=O. The molecule has 1 amide bonds. The number of rotatable bonds is 4. The van der Waals surface area contributed by atoms with E-state index in [0.717, 1.165) is 27.8 Å². The van der Waals surface area contributed by atoms with Crippen LogP contribution in [0.1, 0.15) is 15.9 Å². The van der Waals surface area contributed by atoms with Gasteiger partial charge in [0.15, 0.2) is 0 Å². The molecule has 0 fully saturated rings. The minimum Gasteiger partial charge on any atom is -0.322 e. The molecule has 0 saturated carbocycles. The van der Waals surface area contributed by atoms with E-state index >= 15 is 0 Å². The summed E-state index contributed by atoms with van der Waals surface area (Å²) >= 11 is 1.12. The molecule has 1 heterocycles. The van der Waals surface area contributed by atoms with Crippen LogP contribution < -0.4 is 14.9 Å². The van der Waals surface area contributed by atoms with Crippen molar-refractivity contribution in [1.29, 1.82) is 0 Å². The summed E-state index contributed by atoms with van der Waals surface area (Å²) in [5.41, 5.74) is 2.87. The number of anilines is 2. The topological polar surface area (TPSA) is 97.3 Å². The number of hydrogen-bond acceptors (Lipinski definition) is 5. The van der Waals surface area contributed by atoms with Gasteiger partial charge in [-0.15, -0.1) is 0 Å². The molecule has 0 aliphatic rings. The Bertz CT molecular complexity index is 1180. The van der Waals surface area contributed by atoms with Crippen LogP contribution in [0, 0.1) is 6.92 Å². The first-order valence-electron chi connectivity index (χ1n) is 7.63. The van der Waals surface area contributed by atoms with E-state index in [0.29, 0.717) is 22.5 Å². The Morgan fingerprint density at radius 2 is 1.88 bits per heavy atom. The number of aryl methyl sites for hydroxylation is 2. The van der Waals surface area contributed by atoms with E-state index in [1.807, 2.05) is 0 Å². The van der Waals surface area contributed by atoms with Gasteiger partial charge in [-0.05, 0) is 48.9 Å². The van der Waals surface area contributed by atoms with E-state index in [9.17, 15) is 18.0 Å². The van der Waals surface area contributed by atoms with Crippen LogP contribution in [-0.2, 0) is 17.1 Å². The number of thiazole rings is 1. The largest absolute Gasteiger partial charge is 0.322 e. The van der Waals surface area contributed by atoms with Gasteiger partial charge in [0, 0.05) is 18.3 Å². The smallest absolute Gasteiger partial charge is 0.307 e. The Balaban J connectivity index is 1.84. The molecule has 136 valence electrons. The Labute approximate surface area is 154 Å². The van der Waals surface area contributed by atoms with E-state index in [4.69, 9.17) is 0 Å². The minimum absolute atomic E-state index is 0.0620. The van der Waals surface area contributed by atoms with Crippen LogP contribution in [0.15, 0.2) is 41.2 Å². The maximum atomic E-state index is 12.5. The van der Waals surface area contributed by atoms with E-state index in [2.05, 4.69) is 10.0 Å². The van der Waals surface area contributed by atoms with Crippen molar-refractivity contribution in [2.45, 2.75) is 6.92 Å². The van der Waals surface area contributed by atoms with E-state index in [1.54, 1.807) is 54.9 Å². The summed E-state index contributed by atoms with van der Waals surface area (Å²) in [5.74, 6) is -0.318. The lowest BCUT2D eigenvalue weighted by Crippen LogP contribution is -2.14. The molecule has 0 unspecified atom stereocenters. The van der Waals surface area contributed by atoms with Crippen LogP contribution in [0.2, 0.25) is 0 Å². The third kappa shape index (κ3) is 3.78. The van der Waals surface area contributed by atoms with Crippen LogP contribution in [0.5, 0.6) is 0 Å². The molecule has 0 radical (unpaired) electrons. The summed E-state index contributed by atoms with van der Waals surface area (Å²) < 4.78 is 27.4. The van der Waals surface area contributed by atoms with Gasteiger partial charge in [0.2, 0.25) is 10.0 Å². The van der Waals surface area contributed by atoms with Crippen molar-refractivity contribution in [2.75, 3.05) is 16.3 Å². The number of fused-ring (bicyclic) bond motifs is 1. The van der Waals surface area contributed by atoms with Crippen molar-refractivity contribution in [1.82, 2.24) is 4.57 Å². The standard InChI is InChI=1S/C17H17N3O4S2/c1-10-8-11(4-6-13(10)19-26(3,23)24)16(21)18-12-5-7-14-15(9-12)25-17(22)20(14)2/h4-9,19H,1-3H3,(H,18,21). The Morgan fingerprint density at radius 3 is 2.54 bits per heavy atom. The number of hydrogen-bond donors (Lipinski definition) is 2. The van der Waals surface area contributed by atoms with Crippen LogP contribution in [-0.4, -0.2) is 25.1 Å². The van der Waals surface area contributed by atoms with Gasteiger partial charge in [-0.3, -0.25) is 14.3 Å². The molecule has 3 rings (SSSR count). The Hall–Kier alpha value is -2.65. The van der Waals surface area contributed by atoms with E-state index < -0.39 is 10.0 Å². The molecule has 3 aromatic rings. The molecular formula is C17H17N3O4S2. The average molecular weight is 391 g/mol. The van der Waals surface area contributed by atoms with Gasteiger partial charge in [0.1, 0.15) is 0 Å². The van der Waals surface area contributed by atoms with Crippen LogP contribution in [0.3, 0.4) is 0 Å². The fraction of sp³-hybridized carbons (Fsp3) is 0.176. The highest BCUT2D eigenvalue weighted by Crippen LogP contribution is 2.22. The second-order valence-electron chi connectivity index (χ2n) is 5.97. The molecule has 0 saturated heterocycles. The van der Waals surface area contributed by atoms with Crippen molar-refractivity contribution in [3.63, 3.8) is 0 Å². The van der Waals surface area contributed by atoms with Crippen molar-refractivity contribution < 1.29 is 13.2 Å². The number of sulfonamides is 1. The lowest BCUT2D eigenvalue weighted by Gasteiger charge is -2.10. The van der Waals surface area contributed by atoms with Gasteiger partial charge in [-0.25, -0.2) is 8.42 Å². The second kappa shape index (κ2) is 6.58. The van der Waals surface area contributed by atoms with Crippen LogP contribution in [0.25, 0.3) is 10.2 Å². The zero-order valence-electron chi connectivity index (χ0n) is 14.4. The zero-order valence-corrected chi connectivity index (χ0v) is 16.0. The second-order valence-corrected chi connectivity index (χ2v) is 8.71. The zero-order chi connectivity index (χ0) is 19.1. The summed E-state index contributed by atoms with van der Waals surface area (Å²) in [5, 5.41) is 2.79. The number of amides is 1. The first-order valence-corrected chi connectivity index (χ1v) is 10.3. The summed E-state index contributed by atoms with van der Waals surface area (Å²) in [6.45, 7) is 1.72. The normalized spacial score (nSPS) is 11.5. The Morgan fingerprint density at radius 1 is 1.15 bits per heavy atom. The number of benzene rings is 2. The first kappa shape index (κ1) is 18.2. The van der Waals surface area contributed by atoms with Crippen molar-refractivity contribution in [2.24, 2.45) is 7.05 Å². The highest BCUT2D eigenvalue weighted by atomic mass is 32.2. The summed E-state index contributed by atoms with van der Waals surface area (Å²) in [6.07, 6.45) is 1.07. The molecule has 0 atom stereocenters. The molecule has 0 aliphatic carbocycles. The molecule has 1 aromatic heterocycles. The molecule has 9 heteroatoms. The van der Waals surface area contributed by atoms with Crippen molar-refractivity contribution >= 4 is 48.9 Å². The minimum atomic E-state index is -3.38. The monoisotopic (exact) mass is 391 g/mol. The number of carbonyl (C=O) groups excluding carboxylic acids is 1. The predicted octanol–water partition coefficient (Wildman–Crippen LogP) is 2.53. The fourth-order valence-corrected chi connectivity index (χ4v) is 4.08. The third-order valence-corrected chi connectivity index (χ3v) is 5.42. The summed E-state index contributed by atoms with van der Waals surface area (Å²) in [6, 6.07) is 9.99. The van der Waals surface area contributed by atoms with Gasteiger partial charge in [0.25, 0.3) is 5.91 Å². The lowest BCUT2D eigenvalue weighted by atomic mass is 10.1. The number of nitrogens with zero attached hydrogens (tertiary/aromatic N) is 1. The van der Waals surface area contributed by atoms with E-state index in [1.165, 1.54) is 0 Å². The first-order chi connectivity index (χ1) is 12.1. The molecule has 2 N–H and O–H groups in total. The van der Waals surface area contributed by atoms with Gasteiger partial charge >= 0.3 is 4.87 Å². The lowest BCUT2D eigenvalue weighted by molar-refractivity contribution is 0.102. The molecular weight excluding hydrogens is 374 g/mol. The number of carbonyl (C=O) groups is 1. The molecule has 0 aliphatic heterocycles. The highest BCUT2D eigenvalue weighted by molar-refractivity contribution is 7.92. The van der Waals surface area contributed by atoms with Crippen molar-refractivity contribution in [3.8, 4) is 0 Å². The maximum absolute atomic E-state index is 12.5. The summed E-state index contributed by atoms with van der Waals surface area (Å²) in [7, 11) is -1.68. The van der Waals surface area contributed by atoms with Gasteiger partial charge in [-0.1, -0.05) is 11.3 Å². The average Bonchev–Trinajstić information content (AvgIpc) is 2.82. The van der Waals surface area contributed by atoms with E-state index in [-0.39, 0.29) is 10.8 Å². The summed E-state index contributed by atoms with van der Waals surface area (Å²) in [4.78, 5) is 24.1. The predicted molar refractivity (Wildman–Crippen MR) is 105 cm³/mol. The molecule has 2 aromatic carbocycles. The molecule has 0 spiro atoms. The Kier molecular flexibility index (Phi) is 4.59. The fourth-order valence-electron chi connectivity index (χ4n) is 2.53. The van der Waals surface area contributed by atoms with Gasteiger partial charge < -0.3 is 9.88 Å². The molecule has 0 bridgehead atoms. The van der Waals surface area contributed by atoms with Crippen molar-refractivity contribution in [3.05, 3.63) is 57.2 Å². The third-order valence-electron chi connectivity index (χ3n) is 3.83. The highest BCUT2D eigenvalue weighted by Gasteiger charge is 2.11. The maximum Gasteiger partial charge on any atom is 0.307 e.